The summed E-state index contributed by atoms with van der Waals surface area (Å²) in [4.78, 5) is 26.8. The van der Waals surface area contributed by atoms with Gasteiger partial charge in [0.2, 0.25) is 5.91 Å². The highest BCUT2D eigenvalue weighted by molar-refractivity contribution is 6.31. The van der Waals surface area contributed by atoms with Gasteiger partial charge in [0.1, 0.15) is 5.82 Å². The summed E-state index contributed by atoms with van der Waals surface area (Å²) in [6.07, 6.45) is 0.672. The first-order chi connectivity index (χ1) is 14.0. The van der Waals surface area contributed by atoms with Crippen molar-refractivity contribution in [1.29, 1.82) is 0 Å². The number of fused-ring (bicyclic) bond motifs is 1. The molecule has 3 aromatic carbocycles. The molecule has 4 nitrogen and oxygen atoms in total. The summed E-state index contributed by atoms with van der Waals surface area (Å²) in [5.41, 5.74) is 3.33. The second kappa shape index (κ2) is 8.05. The van der Waals surface area contributed by atoms with Gasteiger partial charge in [-0.25, -0.2) is 4.39 Å². The Hall–Kier alpha value is -3.18. The molecule has 4 rings (SSSR count). The van der Waals surface area contributed by atoms with Crippen molar-refractivity contribution >= 4 is 34.8 Å². The van der Waals surface area contributed by atoms with Gasteiger partial charge >= 0.3 is 0 Å². The fraction of sp³-hybridized carbons (Fsp3) is 0.130. The molecule has 0 spiro atoms. The number of nitrogens with one attached hydrogen (secondary N) is 1. The van der Waals surface area contributed by atoms with E-state index in [0.29, 0.717) is 17.8 Å². The third kappa shape index (κ3) is 4.00. The third-order valence-corrected chi connectivity index (χ3v) is 5.30. The summed E-state index contributed by atoms with van der Waals surface area (Å²) < 4.78 is 13.8. The van der Waals surface area contributed by atoms with Gasteiger partial charge in [0.15, 0.2) is 0 Å². The molecule has 1 aliphatic heterocycles. The van der Waals surface area contributed by atoms with Gasteiger partial charge < -0.3 is 10.2 Å². The van der Waals surface area contributed by atoms with Crippen LogP contribution in [-0.2, 0) is 17.6 Å². The Kier molecular flexibility index (Phi) is 5.32. The first-order valence-corrected chi connectivity index (χ1v) is 9.63. The number of nitrogens with zero attached hydrogens (tertiary/aromatic N) is 1. The van der Waals surface area contributed by atoms with E-state index in [9.17, 15) is 14.0 Å². The number of halogens is 2. The number of hydrogen-bond acceptors (Lipinski definition) is 2. The zero-order chi connectivity index (χ0) is 20.4. The Labute approximate surface area is 172 Å². The Morgan fingerprint density at radius 1 is 1.00 bits per heavy atom. The van der Waals surface area contributed by atoms with E-state index in [2.05, 4.69) is 5.32 Å². The predicted octanol–water partition coefficient (Wildman–Crippen LogP) is 4.86. The number of hydrogen-bond donors (Lipinski definition) is 1. The largest absolute Gasteiger partial charge is 0.326 e. The fourth-order valence-electron chi connectivity index (χ4n) is 3.47. The maximum absolute atomic E-state index is 13.8. The summed E-state index contributed by atoms with van der Waals surface area (Å²) in [5, 5.41) is 2.92. The molecular formula is C23H18ClFN2O2. The number of carbonyl (C=O) groups is 2. The van der Waals surface area contributed by atoms with Crippen molar-refractivity contribution in [3.05, 3.63) is 94.3 Å². The van der Waals surface area contributed by atoms with Crippen molar-refractivity contribution in [2.45, 2.75) is 12.8 Å². The molecule has 0 saturated carbocycles. The molecule has 1 heterocycles. The number of carbonyl (C=O) groups excluding carboxylic acids is 2. The highest BCUT2D eigenvalue weighted by Gasteiger charge is 2.25. The molecule has 1 N–H and O–H groups in total. The zero-order valence-electron chi connectivity index (χ0n) is 15.5. The molecule has 0 aromatic heterocycles. The van der Waals surface area contributed by atoms with Crippen LogP contribution in [0.15, 0.2) is 66.7 Å². The molecule has 1 aliphatic rings. The molecule has 0 atom stereocenters. The van der Waals surface area contributed by atoms with Crippen LogP contribution in [0.1, 0.15) is 21.5 Å². The number of benzene rings is 3. The molecule has 146 valence electrons. The van der Waals surface area contributed by atoms with E-state index >= 15 is 0 Å². The van der Waals surface area contributed by atoms with Crippen molar-refractivity contribution in [2.24, 2.45) is 0 Å². The highest BCUT2D eigenvalue weighted by Crippen LogP contribution is 2.29. The van der Waals surface area contributed by atoms with Crippen LogP contribution in [0.4, 0.5) is 15.8 Å². The molecule has 0 saturated heterocycles. The van der Waals surface area contributed by atoms with Gasteiger partial charge in [-0.15, -0.1) is 0 Å². The van der Waals surface area contributed by atoms with Gasteiger partial charge in [0.05, 0.1) is 6.42 Å². The topological polar surface area (TPSA) is 49.4 Å². The Balaban J connectivity index is 1.43. The summed E-state index contributed by atoms with van der Waals surface area (Å²) in [5.74, 6) is -0.977. The van der Waals surface area contributed by atoms with Crippen LogP contribution < -0.4 is 10.2 Å². The lowest BCUT2D eigenvalue weighted by atomic mass is 10.1. The quantitative estimate of drug-likeness (QED) is 0.670. The number of amides is 2. The average molecular weight is 409 g/mol. The number of para-hydroxylation sites is 1. The van der Waals surface area contributed by atoms with Gasteiger partial charge in [-0.2, -0.15) is 0 Å². The minimum absolute atomic E-state index is 0.0778. The van der Waals surface area contributed by atoms with Gasteiger partial charge in [0.25, 0.3) is 5.91 Å². The molecule has 3 aromatic rings. The average Bonchev–Trinajstić information content (AvgIpc) is 3.15. The third-order valence-electron chi connectivity index (χ3n) is 4.95. The number of anilines is 2. The normalized spacial score (nSPS) is 12.6. The van der Waals surface area contributed by atoms with E-state index in [1.54, 1.807) is 35.2 Å². The molecule has 0 fully saturated rings. The predicted molar refractivity (Wildman–Crippen MR) is 112 cm³/mol. The van der Waals surface area contributed by atoms with E-state index in [0.717, 1.165) is 17.7 Å². The SMILES string of the molecule is O=C(Cc1c(F)cccc1Cl)Nc1ccc(C(=O)N2CCc3ccccc32)cc1. The maximum atomic E-state index is 13.8. The van der Waals surface area contributed by atoms with Crippen molar-refractivity contribution < 1.29 is 14.0 Å². The van der Waals surface area contributed by atoms with E-state index in [1.165, 1.54) is 12.1 Å². The van der Waals surface area contributed by atoms with Gasteiger partial charge in [0, 0.05) is 34.1 Å². The molecule has 0 bridgehead atoms. The molecular weight excluding hydrogens is 391 g/mol. The van der Waals surface area contributed by atoms with Crippen LogP contribution in [0.3, 0.4) is 0 Å². The van der Waals surface area contributed by atoms with Gasteiger partial charge in [-0.1, -0.05) is 35.9 Å². The van der Waals surface area contributed by atoms with E-state index in [-0.39, 0.29) is 28.8 Å². The summed E-state index contributed by atoms with van der Waals surface area (Å²) >= 11 is 5.97. The van der Waals surface area contributed by atoms with Crippen LogP contribution >= 0.6 is 11.6 Å². The fourth-order valence-corrected chi connectivity index (χ4v) is 3.70. The summed E-state index contributed by atoms with van der Waals surface area (Å²) in [6, 6.07) is 18.9. The van der Waals surface area contributed by atoms with Crippen molar-refractivity contribution in [2.75, 3.05) is 16.8 Å². The molecule has 0 radical (unpaired) electrons. The smallest absolute Gasteiger partial charge is 0.258 e. The van der Waals surface area contributed by atoms with E-state index in [1.807, 2.05) is 24.3 Å². The van der Waals surface area contributed by atoms with Gasteiger partial charge in [-0.3, -0.25) is 9.59 Å². The number of rotatable bonds is 4. The van der Waals surface area contributed by atoms with E-state index < -0.39 is 5.82 Å². The van der Waals surface area contributed by atoms with Crippen LogP contribution in [0.2, 0.25) is 5.02 Å². The first kappa shape index (κ1) is 19.2. The molecule has 0 unspecified atom stereocenters. The summed E-state index contributed by atoms with van der Waals surface area (Å²) in [7, 11) is 0. The van der Waals surface area contributed by atoms with E-state index in [4.69, 9.17) is 11.6 Å². The Morgan fingerprint density at radius 3 is 2.52 bits per heavy atom. The highest BCUT2D eigenvalue weighted by atomic mass is 35.5. The summed E-state index contributed by atoms with van der Waals surface area (Å²) in [6.45, 7) is 0.653. The molecule has 29 heavy (non-hydrogen) atoms. The van der Waals surface area contributed by atoms with Crippen LogP contribution in [0.5, 0.6) is 0 Å². The lowest BCUT2D eigenvalue weighted by Gasteiger charge is -2.17. The van der Waals surface area contributed by atoms with Gasteiger partial charge in [-0.05, 0) is 54.4 Å². The molecule has 0 aliphatic carbocycles. The molecule has 2 amide bonds. The lowest BCUT2D eigenvalue weighted by Crippen LogP contribution is -2.28. The van der Waals surface area contributed by atoms with Crippen LogP contribution in [-0.4, -0.2) is 18.4 Å². The van der Waals surface area contributed by atoms with Crippen LogP contribution in [0.25, 0.3) is 0 Å². The van der Waals surface area contributed by atoms with Crippen molar-refractivity contribution in [3.63, 3.8) is 0 Å². The first-order valence-electron chi connectivity index (χ1n) is 9.25. The maximum Gasteiger partial charge on any atom is 0.258 e. The van der Waals surface area contributed by atoms with Crippen molar-refractivity contribution in [3.8, 4) is 0 Å². The standard InChI is InChI=1S/C23H18ClFN2O2/c24-19-5-3-6-20(25)18(19)14-22(28)26-17-10-8-16(9-11-17)23(29)27-13-12-15-4-1-2-7-21(15)27/h1-11H,12-14H2,(H,26,28). The second-order valence-electron chi connectivity index (χ2n) is 6.84. The lowest BCUT2D eigenvalue weighted by molar-refractivity contribution is -0.115. The Bertz CT molecular complexity index is 1060. The zero-order valence-corrected chi connectivity index (χ0v) is 16.2. The minimum atomic E-state index is -0.514. The monoisotopic (exact) mass is 408 g/mol. The second-order valence-corrected chi connectivity index (χ2v) is 7.25. The van der Waals surface area contributed by atoms with Crippen LogP contribution in [0, 0.1) is 5.82 Å². The van der Waals surface area contributed by atoms with Crippen molar-refractivity contribution in [1.82, 2.24) is 0 Å². The minimum Gasteiger partial charge on any atom is -0.326 e. The molecule has 6 heteroatoms. The Morgan fingerprint density at radius 2 is 1.76 bits per heavy atom.